The van der Waals surface area contributed by atoms with Crippen LogP contribution in [-0.2, 0) is 0 Å². The molecular weight excluding hydrogens is 252 g/mol. The van der Waals surface area contributed by atoms with Gasteiger partial charge in [-0.3, -0.25) is 0 Å². The summed E-state index contributed by atoms with van der Waals surface area (Å²) >= 11 is 0. The van der Waals surface area contributed by atoms with Crippen LogP contribution in [0.2, 0.25) is 0 Å². The molecule has 0 heteroatoms. The molecule has 0 amide bonds. The van der Waals surface area contributed by atoms with E-state index in [2.05, 4.69) is 73.7 Å². The molecule has 5 rings (SSSR count). The monoisotopic (exact) mass is 265 g/mol. The maximum absolute atomic E-state index is 4.18. The predicted molar refractivity (Wildman–Crippen MR) is 92.1 cm³/mol. The first-order valence-corrected chi connectivity index (χ1v) is 7.24. The highest BCUT2D eigenvalue weighted by atomic mass is 14.1. The van der Waals surface area contributed by atoms with E-state index < -0.39 is 0 Å². The van der Waals surface area contributed by atoms with Crippen LogP contribution in [0.5, 0.6) is 0 Å². The predicted octanol–water partition coefficient (Wildman–Crippen LogP) is 5.92. The quantitative estimate of drug-likeness (QED) is 0.185. The first-order chi connectivity index (χ1) is 10.3. The fourth-order valence-electron chi connectivity index (χ4n) is 3.63. The van der Waals surface area contributed by atoms with Gasteiger partial charge in [0.2, 0.25) is 0 Å². The zero-order valence-corrected chi connectivity index (χ0v) is 11.6. The van der Waals surface area contributed by atoms with Crippen LogP contribution >= 0.6 is 0 Å². The van der Waals surface area contributed by atoms with Crippen LogP contribution in [0.15, 0.2) is 66.7 Å². The summed E-state index contributed by atoms with van der Waals surface area (Å²) in [4.78, 5) is 0. The summed E-state index contributed by atoms with van der Waals surface area (Å²) in [5, 5.41) is 10.6. The maximum Gasteiger partial charge on any atom is 0.134 e. The van der Waals surface area contributed by atoms with Gasteiger partial charge in [-0.15, -0.1) is 0 Å². The first kappa shape index (κ1) is 11.0. The van der Waals surface area contributed by atoms with Gasteiger partial charge >= 0.3 is 0 Å². The molecule has 0 bridgehead atoms. The first-order valence-electron chi connectivity index (χ1n) is 7.24. The lowest BCUT2D eigenvalue weighted by atomic mass is 9.90. The number of hydrogen-bond acceptors (Lipinski definition) is 0. The third-order valence-corrected chi connectivity index (χ3v) is 4.60. The van der Waals surface area contributed by atoms with E-state index in [-0.39, 0.29) is 0 Å². The summed E-state index contributed by atoms with van der Waals surface area (Å²) < 4.78 is 0. The summed E-state index contributed by atoms with van der Waals surface area (Å²) in [6.07, 6.45) is 0. The van der Waals surface area contributed by atoms with Crippen molar-refractivity contribution in [1.82, 2.24) is 0 Å². The number of rotatable bonds is 0. The van der Waals surface area contributed by atoms with Gasteiger partial charge in [-0.1, -0.05) is 42.5 Å². The average Bonchev–Trinajstić information content (AvgIpc) is 2.53. The smallest absolute Gasteiger partial charge is 0.0610 e. The molecule has 0 fully saturated rings. The molecule has 0 aliphatic carbocycles. The Labute approximate surface area is 123 Å². The standard InChI is InChI=1S/C21H13/c1-13-4-2-7-17-18-11-10-15-6-3-5-14-8-9-16(12-19(13)17)21(18)20(14)15/h2-12H,1H2/q+1. The second-order valence-electron chi connectivity index (χ2n) is 5.74. The Kier molecular flexibility index (Phi) is 1.92. The van der Waals surface area contributed by atoms with Crippen LogP contribution in [0.3, 0.4) is 0 Å². The molecule has 21 heavy (non-hydrogen) atoms. The number of benzene rings is 5. The third-order valence-electron chi connectivity index (χ3n) is 4.60. The van der Waals surface area contributed by atoms with E-state index in [1.807, 2.05) is 0 Å². The molecule has 0 aromatic heterocycles. The van der Waals surface area contributed by atoms with Gasteiger partial charge in [0.05, 0.1) is 5.39 Å². The Morgan fingerprint density at radius 1 is 0.524 bits per heavy atom. The molecule has 0 nitrogen and oxygen atoms in total. The van der Waals surface area contributed by atoms with Gasteiger partial charge in [0.15, 0.2) is 0 Å². The zero-order valence-electron chi connectivity index (χ0n) is 11.6. The normalized spacial score (nSPS) is 12.0. The minimum absolute atomic E-state index is 1.10. The second kappa shape index (κ2) is 3.67. The molecule has 0 radical (unpaired) electrons. The lowest BCUT2D eigenvalue weighted by Crippen LogP contribution is -1.86. The lowest BCUT2D eigenvalue weighted by Gasteiger charge is -2.11. The van der Waals surface area contributed by atoms with Crippen molar-refractivity contribution >= 4 is 43.1 Å². The highest BCUT2D eigenvalue weighted by Gasteiger charge is 2.14. The topological polar surface area (TPSA) is 0 Å². The van der Waals surface area contributed by atoms with Gasteiger partial charge in [-0.25, -0.2) is 0 Å². The van der Waals surface area contributed by atoms with E-state index in [1.165, 1.54) is 43.1 Å². The summed E-state index contributed by atoms with van der Waals surface area (Å²) in [5.74, 6) is 0. The van der Waals surface area contributed by atoms with Crippen molar-refractivity contribution in [3.05, 3.63) is 79.2 Å². The number of hydrogen-bond donors (Lipinski definition) is 0. The summed E-state index contributed by atoms with van der Waals surface area (Å²) in [5.41, 5.74) is 1.10. The van der Waals surface area contributed by atoms with Crippen LogP contribution in [-0.4, -0.2) is 0 Å². The van der Waals surface area contributed by atoms with Gasteiger partial charge in [-0.05, 0) is 33.7 Å². The van der Waals surface area contributed by atoms with E-state index in [9.17, 15) is 0 Å². The Morgan fingerprint density at radius 2 is 1.24 bits per heavy atom. The highest BCUT2D eigenvalue weighted by molar-refractivity contribution is 6.29. The summed E-state index contributed by atoms with van der Waals surface area (Å²) in [6.45, 7) is 4.18. The fourth-order valence-corrected chi connectivity index (χ4v) is 3.63. The van der Waals surface area contributed by atoms with Gasteiger partial charge in [0.1, 0.15) is 5.56 Å². The van der Waals surface area contributed by atoms with Crippen LogP contribution in [0.25, 0.3) is 43.1 Å². The molecule has 0 spiro atoms. The van der Waals surface area contributed by atoms with Crippen molar-refractivity contribution in [1.29, 1.82) is 0 Å². The van der Waals surface area contributed by atoms with Crippen LogP contribution < -0.4 is 0 Å². The Morgan fingerprint density at radius 3 is 2.10 bits per heavy atom. The van der Waals surface area contributed by atoms with E-state index in [4.69, 9.17) is 0 Å². The molecule has 5 aromatic carbocycles. The van der Waals surface area contributed by atoms with Crippen LogP contribution in [0.4, 0.5) is 0 Å². The van der Waals surface area contributed by atoms with E-state index >= 15 is 0 Å². The van der Waals surface area contributed by atoms with Crippen molar-refractivity contribution in [2.75, 3.05) is 0 Å². The fraction of sp³-hybridized carbons (Fsp3) is 0. The Bertz CT molecular complexity index is 1120. The van der Waals surface area contributed by atoms with E-state index in [0.29, 0.717) is 0 Å². The number of fused-ring (bicyclic) bond motifs is 2. The average molecular weight is 265 g/mol. The minimum atomic E-state index is 1.10. The molecule has 0 N–H and O–H groups in total. The molecule has 0 saturated carbocycles. The maximum atomic E-state index is 4.18. The molecule has 96 valence electrons. The molecule has 0 unspecified atom stereocenters. The van der Waals surface area contributed by atoms with Gasteiger partial charge in [-0.2, -0.15) is 0 Å². The van der Waals surface area contributed by atoms with Crippen molar-refractivity contribution in [3.8, 4) is 0 Å². The largest absolute Gasteiger partial charge is 0.134 e. The van der Waals surface area contributed by atoms with Gasteiger partial charge in [0, 0.05) is 35.2 Å². The van der Waals surface area contributed by atoms with Crippen molar-refractivity contribution in [2.24, 2.45) is 0 Å². The van der Waals surface area contributed by atoms with Gasteiger partial charge < -0.3 is 0 Å². The lowest BCUT2D eigenvalue weighted by molar-refractivity contribution is 1.71. The third kappa shape index (κ3) is 1.32. The van der Waals surface area contributed by atoms with E-state index in [0.717, 1.165) is 5.56 Å². The Balaban J connectivity index is 2.21. The molecule has 0 aliphatic heterocycles. The molecule has 0 aliphatic rings. The minimum Gasteiger partial charge on any atom is -0.0610 e. The highest BCUT2D eigenvalue weighted by Crippen LogP contribution is 2.38. The Hall–Kier alpha value is -2.73. The molecule has 0 atom stereocenters. The molecule has 0 saturated heterocycles. The molecule has 0 heterocycles. The van der Waals surface area contributed by atoms with Gasteiger partial charge in [0.25, 0.3) is 0 Å². The SMILES string of the molecule is [CH2+]c1cccc2c1cc1ccc3cccc4ccc2c1c34. The van der Waals surface area contributed by atoms with Crippen LogP contribution in [0.1, 0.15) is 5.56 Å². The summed E-state index contributed by atoms with van der Waals surface area (Å²) in [7, 11) is 0. The van der Waals surface area contributed by atoms with Crippen molar-refractivity contribution in [3.63, 3.8) is 0 Å². The van der Waals surface area contributed by atoms with Crippen molar-refractivity contribution in [2.45, 2.75) is 0 Å². The molecule has 5 aromatic rings. The second-order valence-corrected chi connectivity index (χ2v) is 5.74. The summed E-state index contributed by atoms with van der Waals surface area (Å²) in [6, 6.07) is 24.1. The molecular formula is C21H13+. The van der Waals surface area contributed by atoms with Crippen molar-refractivity contribution < 1.29 is 0 Å². The van der Waals surface area contributed by atoms with E-state index in [1.54, 1.807) is 0 Å². The van der Waals surface area contributed by atoms with Crippen LogP contribution in [0, 0.1) is 6.92 Å². The zero-order chi connectivity index (χ0) is 14.0.